The van der Waals surface area contributed by atoms with Crippen LogP contribution < -0.4 is 5.32 Å². The van der Waals surface area contributed by atoms with Gasteiger partial charge in [0.1, 0.15) is 0 Å². The summed E-state index contributed by atoms with van der Waals surface area (Å²) in [6.45, 7) is 6.56. The van der Waals surface area contributed by atoms with E-state index in [0.29, 0.717) is 0 Å². The third-order valence-electron chi connectivity index (χ3n) is 3.64. The Morgan fingerprint density at radius 2 is 2.06 bits per heavy atom. The topological polar surface area (TPSA) is 12.0 Å². The van der Waals surface area contributed by atoms with Gasteiger partial charge in [0.2, 0.25) is 0 Å². The van der Waals surface area contributed by atoms with E-state index in [1.54, 1.807) is 0 Å². The van der Waals surface area contributed by atoms with Crippen molar-refractivity contribution in [2.24, 2.45) is 5.92 Å². The number of nitrogens with one attached hydrogen (secondary N) is 1. The zero-order valence-corrected chi connectivity index (χ0v) is 10.8. The van der Waals surface area contributed by atoms with Crippen molar-refractivity contribution in [3.05, 3.63) is 34.9 Å². The van der Waals surface area contributed by atoms with Crippen LogP contribution in [0.25, 0.3) is 0 Å². The molecule has 1 N–H and O–H groups in total. The van der Waals surface area contributed by atoms with Gasteiger partial charge in [0.15, 0.2) is 0 Å². The zero-order valence-electron chi connectivity index (χ0n) is 10.1. The molecular formula is C14H20ClN. The van der Waals surface area contributed by atoms with E-state index in [0.717, 1.165) is 24.0 Å². The maximum atomic E-state index is 6.32. The Labute approximate surface area is 103 Å². The Bertz CT molecular complexity index is 356. The number of likely N-dealkylation sites (N-methyl/N-ethyl adjacent to an activating group) is 1. The van der Waals surface area contributed by atoms with Crippen LogP contribution in [0.3, 0.4) is 0 Å². The summed E-state index contributed by atoms with van der Waals surface area (Å²) in [4.78, 5) is 0. The fourth-order valence-electron chi connectivity index (χ4n) is 2.99. The number of rotatable bonds is 4. The van der Waals surface area contributed by atoms with E-state index in [1.807, 2.05) is 12.1 Å². The summed E-state index contributed by atoms with van der Waals surface area (Å²) in [5.41, 5.74) is 1.61. The highest BCUT2D eigenvalue weighted by Gasteiger charge is 2.43. The van der Waals surface area contributed by atoms with Crippen molar-refractivity contribution < 1.29 is 0 Å². The molecule has 1 aromatic carbocycles. The third-order valence-corrected chi connectivity index (χ3v) is 3.97. The van der Waals surface area contributed by atoms with Crippen LogP contribution in [0.2, 0.25) is 5.02 Å². The predicted molar refractivity (Wildman–Crippen MR) is 70.1 cm³/mol. The largest absolute Gasteiger partial charge is 0.316 e. The molecule has 0 spiro atoms. The Balaban J connectivity index is 2.23. The summed E-state index contributed by atoms with van der Waals surface area (Å²) in [6, 6.07) is 8.30. The average molecular weight is 238 g/mol. The Morgan fingerprint density at radius 1 is 1.38 bits per heavy atom. The molecule has 0 atom stereocenters. The Hall–Kier alpha value is -0.530. The van der Waals surface area contributed by atoms with Gasteiger partial charge in [-0.05, 0) is 36.9 Å². The molecule has 0 radical (unpaired) electrons. The molecule has 0 saturated heterocycles. The van der Waals surface area contributed by atoms with Gasteiger partial charge in [-0.25, -0.2) is 0 Å². The maximum absolute atomic E-state index is 6.32. The molecule has 0 aliphatic heterocycles. The second kappa shape index (κ2) is 4.77. The molecule has 1 saturated carbocycles. The van der Waals surface area contributed by atoms with Gasteiger partial charge in [0, 0.05) is 17.0 Å². The summed E-state index contributed by atoms with van der Waals surface area (Å²) < 4.78 is 0. The summed E-state index contributed by atoms with van der Waals surface area (Å²) in [5, 5.41) is 4.40. The standard InChI is InChI=1S/C14H20ClN/c1-3-16-10-14(8-11(2)9-14)12-6-4-5-7-13(12)15/h4-7,11,16H,3,8-10H2,1-2H3. The molecule has 1 nitrogen and oxygen atoms in total. The monoisotopic (exact) mass is 237 g/mol. The number of hydrogen-bond donors (Lipinski definition) is 1. The van der Waals surface area contributed by atoms with E-state index in [-0.39, 0.29) is 5.41 Å². The maximum Gasteiger partial charge on any atom is 0.0444 e. The zero-order chi connectivity index (χ0) is 11.6. The van der Waals surface area contributed by atoms with Gasteiger partial charge in [0.25, 0.3) is 0 Å². The minimum atomic E-state index is 0.285. The van der Waals surface area contributed by atoms with Crippen molar-refractivity contribution in [2.45, 2.75) is 32.1 Å². The van der Waals surface area contributed by atoms with Crippen LogP contribution in [0.1, 0.15) is 32.3 Å². The van der Waals surface area contributed by atoms with Crippen LogP contribution in [-0.4, -0.2) is 13.1 Å². The van der Waals surface area contributed by atoms with Gasteiger partial charge in [-0.2, -0.15) is 0 Å². The van der Waals surface area contributed by atoms with Gasteiger partial charge in [-0.3, -0.25) is 0 Å². The molecule has 1 aliphatic carbocycles. The van der Waals surface area contributed by atoms with Crippen LogP contribution in [0, 0.1) is 5.92 Å². The van der Waals surface area contributed by atoms with Gasteiger partial charge in [0.05, 0.1) is 0 Å². The summed E-state index contributed by atoms with van der Waals surface area (Å²) in [7, 11) is 0. The van der Waals surface area contributed by atoms with Crippen LogP contribution in [0.4, 0.5) is 0 Å². The molecule has 2 rings (SSSR count). The molecule has 1 fully saturated rings. The highest BCUT2D eigenvalue weighted by atomic mass is 35.5. The summed E-state index contributed by atoms with van der Waals surface area (Å²) in [5.74, 6) is 0.829. The normalized spacial score (nSPS) is 28.8. The summed E-state index contributed by atoms with van der Waals surface area (Å²) in [6.07, 6.45) is 2.51. The van der Waals surface area contributed by atoms with Crippen molar-refractivity contribution in [3.63, 3.8) is 0 Å². The molecule has 2 heteroatoms. The first-order valence-electron chi connectivity index (χ1n) is 6.14. The van der Waals surface area contributed by atoms with Crippen molar-refractivity contribution in [3.8, 4) is 0 Å². The molecule has 0 heterocycles. The van der Waals surface area contributed by atoms with Crippen molar-refractivity contribution in [1.29, 1.82) is 0 Å². The third kappa shape index (κ3) is 2.11. The van der Waals surface area contributed by atoms with Crippen molar-refractivity contribution in [2.75, 3.05) is 13.1 Å². The lowest BCUT2D eigenvalue weighted by molar-refractivity contribution is 0.153. The lowest BCUT2D eigenvalue weighted by Gasteiger charge is -2.47. The Morgan fingerprint density at radius 3 is 2.62 bits per heavy atom. The Kier molecular flexibility index (Phi) is 3.56. The first-order valence-corrected chi connectivity index (χ1v) is 6.51. The summed E-state index contributed by atoms with van der Waals surface area (Å²) >= 11 is 6.32. The predicted octanol–water partition coefficient (Wildman–Crippen LogP) is 3.62. The van der Waals surface area contributed by atoms with E-state index in [2.05, 4.69) is 31.3 Å². The van der Waals surface area contributed by atoms with Crippen LogP contribution in [0.15, 0.2) is 24.3 Å². The van der Waals surface area contributed by atoms with Crippen LogP contribution in [0.5, 0.6) is 0 Å². The molecule has 0 unspecified atom stereocenters. The van der Waals surface area contributed by atoms with Crippen LogP contribution in [-0.2, 0) is 5.41 Å². The highest BCUT2D eigenvalue weighted by Crippen LogP contribution is 2.49. The second-order valence-corrected chi connectivity index (χ2v) is 5.46. The molecule has 0 bridgehead atoms. The first-order chi connectivity index (χ1) is 7.68. The molecule has 88 valence electrons. The number of halogens is 1. The van der Waals surface area contributed by atoms with E-state index in [1.165, 1.54) is 18.4 Å². The molecular weight excluding hydrogens is 218 g/mol. The van der Waals surface area contributed by atoms with E-state index in [9.17, 15) is 0 Å². The highest BCUT2D eigenvalue weighted by molar-refractivity contribution is 6.31. The number of hydrogen-bond acceptors (Lipinski definition) is 1. The fourth-order valence-corrected chi connectivity index (χ4v) is 3.33. The van der Waals surface area contributed by atoms with Gasteiger partial charge in [-0.1, -0.05) is 43.6 Å². The lowest BCUT2D eigenvalue weighted by Crippen LogP contribution is -2.48. The minimum Gasteiger partial charge on any atom is -0.316 e. The molecule has 1 aliphatic rings. The smallest absolute Gasteiger partial charge is 0.0444 e. The van der Waals surface area contributed by atoms with E-state index >= 15 is 0 Å². The van der Waals surface area contributed by atoms with Crippen molar-refractivity contribution in [1.82, 2.24) is 5.32 Å². The second-order valence-electron chi connectivity index (χ2n) is 5.05. The molecule has 1 aromatic rings. The van der Waals surface area contributed by atoms with Crippen LogP contribution >= 0.6 is 11.6 Å². The molecule has 16 heavy (non-hydrogen) atoms. The average Bonchev–Trinajstić information content (AvgIpc) is 2.23. The molecule has 0 aromatic heterocycles. The SMILES string of the molecule is CCNCC1(c2ccccc2Cl)CC(C)C1. The molecule has 0 amide bonds. The van der Waals surface area contributed by atoms with Gasteiger partial charge >= 0.3 is 0 Å². The first kappa shape index (κ1) is 11.9. The van der Waals surface area contributed by atoms with Crippen molar-refractivity contribution >= 4 is 11.6 Å². The number of benzene rings is 1. The van der Waals surface area contributed by atoms with Gasteiger partial charge in [-0.15, -0.1) is 0 Å². The lowest BCUT2D eigenvalue weighted by atomic mass is 9.59. The van der Waals surface area contributed by atoms with Gasteiger partial charge < -0.3 is 5.32 Å². The van der Waals surface area contributed by atoms with E-state index in [4.69, 9.17) is 11.6 Å². The quantitative estimate of drug-likeness (QED) is 0.844. The van der Waals surface area contributed by atoms with E-state index < -0.39 is 0 Å². The fraction of sp³-hybridized carbons (Fsp3) is 0.571. The minimum absolute atomic E-state index is 0.285.